The predicted octanol–water partition coefficient (Wildman–Crippen LogP) is 1.83. The van der Waals surface area contributed by atoms with Crippen molar-refractivity contribution >= 4 is 17.0 Å². The van der Waals surface area contributed by atoms with Gasteiger partial charge in [-0.1, -0.05) is 0 Å². The summed E-state index contributed by atoms with van der Waals surface area (Å²) in [7, 11) is 4.08. The molecule has 2 rings (SSSR count). The van der Waals surface area contributed by atoms with Crippen molar-refractivity contribution in [1.29, 1.82) is 5.26 Å². The molecule has 0 radical (unpaired) electrons. The second-order valence-corrected chi connectivity index (χ2v) is 5.58. The average molecular weight is 257 g/mol. The van der Waals surface area contributed by atoms with Crippen LogP contribution in [0.3, 0.4) is 0 Å². The highest BCUT2D eigenvalue weighted by molar-refractivity contribution is 5.79. The van der Waals surface area contributed by atoms with E-state index in [4.69, 9.17) is 11.0 Å². The Kier molecular flexibility index (Phi) is 3.21. The number of benzene rings is 1. The normalized spacial score (nSPS) is 12.0. The Bertz CT molecular complexity index is 646. The third-order valence-corrected chi connectivity index (χ3v) is 3.66. The first kappa shape index (κ1) is 13.4. The number of aromatic nitrogens is 2. The van der Waals surface area contributed by atoms with Crippen molar-refractivity contribution < 1.29 is 0 Å². The van der Waals surface area contributed by atoms with Crippen LogP contribution in [-0.4, -0.2) is 34.1 Å². The van der Waals surface area contributed by atoms with E-state index < -0.39 is 0 Å². The van der Waals surface area contributed by atoms with Crippen molar-refractivity contribution in [1.82, 2.24) is 14.5 Å². The number of nitrogen functional groups attached to an aromatic ring is 1. The number of fused-ring (bicyclic) bond motifs is 1. The summed E-state index contributed by atoms with van der Waals surface area (Å²) in [6.07, 6.45) is 0. The van der Waals surface area contributed by atoms with Crippen molar-refractivity contribution in [3.05, 3.63) is 23.8 Å². The number of likely N-dealkylation sites (N-methyl/N-ethyl adjacent to an activating group) is 1. The van der Waals surface area contributed by atoms with E-state index in [1.54, 1.807) is 6.07 Å². The van der Waals surface area contributed by atoms with Gasteiger partial charge in [-0.25, -0.2) is 4.98 Å². The van der Waals surface area contributed by atoms with E-state index in [0.717, 1.165) is 17.6 Å². The molecule has 0 unspecified atom stereocenters. The average Bonchev–Trinajstić information content (AvgIpc) is 2.64. The van der Waals surface area contributed by atoms with Gasteiger partial charge in [0, 0.05) is 12.1 Å². The van der Waals surface area contributed by atoms with Crippen molar-refractivity contribution in [2.24, 2.45) is 0 Å². The third-order valence-electron chi connectivity index (χ3n) is 3.66. The fraction of sp³-hybridized carbons (Fsp3) is 0.429. The molecule has 1 aromatic heterocycles. The maximum Gasteiger partial charge on any atom is 0.201 e. The fourth-order valence-corrected chi connectivity index (χ4v) is 1.91. The highest BCUT2D eigenvalue weighted by atomic mass is 15.2. The third kappa shape index (κ3) is 2.40. The standard InChI is InChI=1S/C14H19N5/c1-14(2,18(3)4)9-19-12-7-10(8-15)5-6-11(12)17-13(19)16/h5-7H,9H2,1-4H3,(H2,16,17). The molecular formula is C14H19N5. The lowest BCUT2D eigenvalue weighted by Gasteiger charge is -2.33. The Balaban J connectivity index is 2.54. The van der Waals surface area contributed by atoms with E-state index in [1.165, 1.54) is 0 Å². The molecule has 2 aromatic rings. The molecule has 100 valence electrons. The van der Waals surface area contributed by atoms with Gasteiger partial charge in [0.25, 0.3) is 0 Å². The lowest BCUT2D eigenvalue weighted by atomic mass is 10.0. The molecule has 1 heterocycles. The molecular weight excluding hydrogens is 238 g/mol. The van der Waals surface area contributed by atoms with E-state index in [9.17, 15) is 0 Å². The first-order valence-electron chi connectivity index (χ1n) is 6.18. The second-order valence-electron chi connectivity index (χ2n) is 5.58. The molecule has 5 heteroatoms. The molecule has 1 aromatic carbocycles. The van der Waals surface area contributed by atoms with E-state index in [2.05, 4.69) is 29.8 Å². The predicted molar refractivity (Wildman–Crippen MR) is 76.6 cm³/mol. The van der Waals surface area contributed by atoms with Crippen LogP contribution in [0.5, 0.6) is 0 Å². The minimum atomic E-state index is -0.0512. The van der Waals surface area contributed by atoms with Crippen molar-refractivity contribution in [3.8, 4) is 6.07 Å². The number of nitrogens with two attached hydrogens (primary N) is 1. The molecule has 0 aliphatic rings. The highest BCUT2D eigenvalue weighted by Gasteiger charge is 2.23. The van der Waals surface area contributed by atoms with Crippen LogP contribution in [0.1, 0.15) is 19.4 Å². The van der Waals surface area contributed by atoms with Gasteiger partial charge >= 0.3 is 0 Å². The van der Waals surface area contributed by atoms with Gasteiger partial charge in [0.05, 0.1) is 22.7 Å². The van der Waals surface area contributed by atoms with Crippen LogP contribution in [0, 0.1) is 11.3 Å². The molecule has 0 spiro atoms. The molecule has 2 N–H and O–H groups in total. The van der Waals surface area contributed by atoms with Gasteiger partial charge in [-0.15, -0.1) is 0 Å². The van der Waals surface area contributed by atoms with Crippen LogP contribution < -0.4 is 5.73 Å². The summed E-state index contributed by atoms with van der Waals surface area (Å²) >= 11 is 0. The van der Waals surface area contributed by atoms with Crippen LogP contribution in [0.25, 0.3) is 11.0 Å². The van der Waals surface area contributed by atoms with E-state index in [1.807, 2.05) is 30.8 Å². The Morgan fingerprint density at radius 2 is 2.11 bits per heavy atom. The Morgan fingerprint density at radius 3 is 2.68 bits per heavy atom. The molecule has 0 bridgehead atoms. The number of anilines is 1. The molecule has 0 amide bonds. The summed E-state index contributed by atoms with van der Waals surface area (Å²) in [5, 5.41) is 9.00. The summed E-state index contributed by atoms with van der Waals surface area (Å²) in [6, 6.07) is 7.58. The molecule has 0 saturated heterocycles. The Hall–Kier alpha value is -2.06. The van der Waals surface area contributed by atoms with Gasteiger partial charge < -0.3 is 15.2 Å². The van der Waals surface area contributed by atoms with Gasteiger partial charge in [-0.05, 0) is 46.1 Å². The van der Waals surface area contributed by atoms with Crippen LogP contribution in [0.15, 0.2) is 18.2 Å². The lowest BCUT2D eigenvalue weighted by molar-refractivity contribution is 0.172. The van der Waals surface area contributed by atoms with Crippen molar-refractivity contribution in [2.45, 2.75) is 25.9 Å². The number of rotatable bonds is 3. The molecule has 19 heavy (non-hydrogen) atoms. The van der Waals surface area contributed by atoms with Crippen LogP contribution >= 0.6 is 0 Å². The lowest BCUT2D eigenvalue weighted by Crippen LogP contribution is -2.42. The first-order chi connectivity index (χ1) is 8.85. The van der Waals surface area contributed by atoms with Crippen LogP contribution in [0.2, 0.25) is 0 Å². The van der Waals surface area contributed by atoms with Crippen molar-refractivity contribution in [2.75, 3.05) is 19.8 Å². The maximum atomic E-state index is 9.00. The number of hydrogen-bond donors (Lipinski definition) is 1. The minimum Gasteiger partial charge on any atom is -0.369 e. The van der Waals surface area contributed by atoms with Crippen LogP contribution in [0.4, 0.5) is 5.95 Å². The smallest absolute Gasteiger partial charge is 0.201 e. The zero-order valence-electron chi connectivity index (χ0n) is 11.8. The van der Waals surface area contributed by atoms with E-state index in [0.29, 0.717) is 11.5 Å². The minimum absolute atomic E-state index is 0.0512. The van der Waals surface area contributed by atoms with Gasteiger partial charge in [0.15, 0.2) is 0 Å². The number of hydrogen-bond acceptors (Lipinski definition) is 4. The SMILES string of the molecule is CN(C)C(C)(C)Cn1c(N)nc2ccc(C#N)cc21. The number of nitriles is 1. The quantitative estimate of drug-likeness (QED) is 0.910. The fourth-order valence-electron chi connectivity index (χ4n) is 1.91. The molecule has 0 fully saturated rings. The topological polar surface area (TPSA) is 70.9 Å². The van der Waals surface area contributed by atoms with Crippen LogP contribution in [-0.2, 0) is 6.54 Å². The summed E-state index contributed by atoms with van der Waals surface area (Å²) in [6.45, 7) is 5.01. The summed E-state index contributed by atoms with van der Waals surface area (Å²) in [5.74, 6) is 0.486. The number of nitrogens with zero attached hydrogens (tertiary/aromatic N) is 4. The molecule has 5 nitrogen and oxygen atoms in total. The molecule has 0 atom stereocenters. The molecule has 0 saturated carbocycles. The largest absolute Gasteiger partial charge is 0.369 e. The van der Waals surface area contributed by atoms with Crippen molar-refractivity contribution in [3.63, 3.8) is 0 Å². The van der Waals surface area contributed by atoms with Gasteiger partial charge in [-0.2, -0.15) is 5.26 Å². The Labute approximate surface area is 113 Å². The zero-order valence-corrected chi connectivity index (χ0v) is 11.8. The first-order valence-corrected chi connectivity index (χ1v) is 6.18. The summed E-state index contributed by atoms with van der Waals surface area (Å²) in [4.78, 5) is 6.49. The van der Waals surface area contributed by atoms with Gasteiger partial charge in [-0.3, -0.25) is 0 Å². The van der Waals surface area contributed by atoms with Gasteiger partial charge in [0.2, 0.25) is 5.95 Å². The summed E-state index contributed by atoms with van der Waals surface area (Å²) in [5.41, 5.74) is 8.31. The zero-order chi connectivity index (χ0) is 14.2. The Morgan fingerprint density at radius 1 is 1.42 bits per heavy atom. The van der Waals surface area contributed by atoms with E-state index >= 15 is 0 Å². The molecule has 0 aliphatic carbocycles. The van der Waals surface area contributed by atoms with E-state index in [-0.39, 0.29) is 5.54 Å². The summed E-state index contributed by atoms with van der Waals surface area (Å²) < 4.78 is 1.97. The molecule has 0 aliphatic heterocycles. The maximum absolute atomic E-state index is 9.00. The second kappa shape index (κ2) is 4.56. The number of imidazole rings is 1. The highest BCUT2D eigenvalue weighted by Crippen LogP contribution is 2.23. The van der Waals surface area contributed by atoms with Gasteiger partial charge in [0.1, 0.15) is 0 Å². The monoisotopic (exact) mass is 257 g/mol.